The monoisotopic (exact) mass is 278 g/mol. The zero-order valence-corrected chi connectivity index (χ0v) is 12.2. The number of hydrogen-bond acceptors (Lipinski definition) is 4. The van der Waals surface area contributed by atoms with Crippen LogP contribution in [0, 0.1) is 0 Å². The predicted octanol–water partition coefficient (Wildman–Crippen LogP) is -0.414. The van der Waals surface area contributed by atoms with Crippen LogP contribution < -0.4 is 10.5 Å². The van der Waals surface area contributed by atoms with Gasteiger partial charge in [-0.3, -0.25) is 0 Å². The third kappa shape index (κ3) is 4.47. The summed E-state index contributed by atoms with van der Waals surface area (Å²) in [4.78, 5) is 2.07. The maximum Gasteiger partial charge on any atom is 0.279 e. The fourth-order valence-corrected chi connectivity index (χ4v) is 3.60. The quantitative estimate of drug-likeness (QED) is 0.663. The number of hydrogen-bond donors (Lipinski definition) is 2. The average Bonchev–Trinajstić information content (AvgIpc) is 2.38. The molecule has 1 rings (SSSR count). The smallest absolute Gasteiger partial charge is 0.279 e. The van der Waals surface area contributed by atoms with E-state index >= 15 is 0 Å². The summed E-state index contributed by atoms with van der Waals surface area (Å²) >= 11 is 0. The second kappa shape index (κ2) is 7.40. The molecular formula is C11H26N4O2S. The van der Waals surface area contributed by atoms with E-state index in [2.05, 4.69) is 9.62 Å². The van der Waals surface area contributed by atoms with E-state index in [9.17, 15) is 8.42 Å². The Labute approximate surface area is 111 Å². The normalized spacial score (nSPS) is 22.6. The minimum Gasteiger partial charge on any atom is -0.329 e. The summed E-state index contributed by atoms with van der Waals surface area (Å²) in [6, 6.07) is -0.0415. The molecule has 108 valence electrons. The Morgan fingerprint density at radius 3 is 2.78 bits per heavy atom. The number of piperidine rings is 1. The van der Waals surface area contributed by atoms with Crippen LogP contribution in [0.15, 0.2) is 0 Å². The topological polar surface area (TPSA) is 78.7 Å². The van der Waals surface area contributed by atoms with E-state index in [4.69, 9.17) is 5.73 Å². The Hall–Kier alpha value is -0.210. The molecule has 7 heteroatoms. The first kappa shape index (κ1) is 15.8. The number of nitrogens with zero attached hydrogens (tertiary/aromatic N) is 2. The summed E-state index contributed by atoms with van der Waals surface area (Å²) < 4.78 is 28.5. The summed E-state index contributed by atoms with van der Waals surface area (Å²) in [6.45, 7) is 5.11. The van der Waals surface area contributed by atoms with E-state index in [1.165, 1.54) is 4.31 Å². The zero-order valence-electron chi connectivity index (χ0n) is 11.4. The molecule has 1 aliphatic heterocycles. The molecule has 0 aromatic heterocycles. The Balaban J connectivity index is 2.50. The van der Waals surface area contributed by atoms with Crippen LogP contribution in [-0.2, 0) is 10.2 Å². The summed E-state index contributed by atoms with van der Waals surface area (Å²) in [5.41, 5.74) is 5.65. The molecule has 1 saturated heterocycles. The van der Waals surface area contributed by atoms with Gasteiger partial charge >= 0.3 is 0 Å². The Bertz CT molecular complexity index is 334. The van der Waals surface area contributed by atoms with Crippen LogP contribution >= 0.6 is 0 Å². The van der Waals surface area contributed by atoms with Gasteiger partial charge in [-0.15, -0.1) is 0 Å². The van der Waals surface area contributed by atoms with Gasteiger partial charge in [-0.1, -0.05) is 13.3 Å². The SMILES string of the molecule is CCN(C)CCNS(=O)(=O)N1CCCCC1CN. The summed E-state index contributed by atoms with van der Waals surface area (Å²) in [7, 11) is -1.40. The predicted molar refractivity (Wildman–Crippen MR) is 73.5 cm³/mol. The molecule has 0 aromatic carbocycles. The Kier molecular flexibility index (Phi) is 6.51. The number of rotatable bonds is 7. The molecule has 1 atom stereocenters. The molecule has 0 bridgehead atoms. The van der Waals surface area contributed by atoms with Gasteiger partial charge in [-0.25, -0.2) is 4.72 Å². The first-order valence-corrected chi connectivity index (χ1v) is 8.10. The summed E-state index contributed by atoms with van der Waals surface area (Å²) in [5.74, 6) is 0. The highest BCUT2D eigenvalue weighted by Crippen LogP contribution is 2.18. The molecule has 6 nitrogen and oxygen atoms in total. The maximum absolute atomic E-state index is 12.2. The highest BCUT2D eigenvalue weighted by molar-refractivity contribution is 7.87. The minimum atomic E-state index is -3.37. The van der Waals surface area contributed by atoms with Crippen LogP contribution in [-0.4, -0.2) is 63.4 Å². The van der Waals surface area contributed by atoms with Crippen LogP contribution in [0.5, 0.6) is 0 Å². The summed E-state index contributed by atoms with van der Waals surface area (Å²) in [6.07, 6.45) is 2.85. The second-order valence-corrected chi connectivity index (χ2v) is 6.50. The molecule has 0 amide bonds. The molecule has 0 spiro atoms. The molecule has 18 heavy (non-hydrogen) atoms. The van der Waals surface area contributed by atoms with Crippen molar-refractivity contribution < 1.29 is 8.42 Å². The van der Waals surface area contributed by atoms with Gasteiger partial charge in [0.25, 0.3) is 10.2 Å². The van der Waals surface area contributed by atoms with Gasteiger partial charge in [0.2, 0.25) is 0 Å². The van der Waals surface area contributed by atoms with Gasteiger partial charge in [0.15, 0.2) is 0 Å². The highest BCUT2D eigenvalue weighted by Gasteiger charge is 2.30. The molecule has 0 saturated carbocycles. The zero-order chi connectivity index (χ0) is 13.6. The molecule has 1 unspecified atom stereocenters. The van der Waals surface area contributed by atoms with Gasteiger partial charge in [-0.2, -0.15) is 12.7 Å². The first-order chi connectivity index (χ1) is 8.51. The van der Waals surface area contributed by atoms with Crippen LogP contribution in [0.4, 0.5) is 0 Å². The number of likely N-dealkylation sites (N-methyl/N-ethyl adjacent to an activating group) is 1. The van der Waals surface area contributed by atoms with Crippen molar-refractivity contribution in [2.24, 2.45) is 5.73 Å². The molecule has 0 radical (unpaired) electrons. The van der Waals surface area contributed by atoms with Crippen molar-refractivity contribution in [2.45, 2.75) is 32.2 Å². The van der Waals surface area contributed by atoms with Crippen LogP contribution in [0.25, 0.3) is 0 Å². The van der Waals surface area contributed by atoms with E-state index in [1.807, 2.05) is 14.0 Å². The molecule has 0 aliphatic carbocycles. The lowest BCUT2D eigenvalue weighted by Gasteiger charge is -2.33. The maximum atomic E-state index is 12.2. The van der Waals surface area contributed by atoms with Crippen molar-refractivity contribution in [3.05, 3.63) is 0 Å². The van der Waals surface area contributed by atoms with Gasteiger partial charge < -0.3 is 10.6 Å². The molecule has 0 aromatic rings. The molecule has 3 N–H and O–H groups in total. The molecular weight excluding hydrogens is 252 g/mol. The second-order valence-electron chi connectivity index (χ2n) is 4.79. The van der Waals surface area contributed by atoms with Crippen molar-refractivity contribution in [2.75, 3.05) is 39.8 Å². The lowest BCUT2D eigenvalue weighted by atomic mass is 10.1. The van der Waals surface area contributed by atoms with E-state index < -0.39 is 10.2 Å². The fraction of sp³-hybridized carbons (Fsp3) is 1.00. The van der Waals surface area contributed by atoms with Gasteiger partial charge in [0, 0.05) is 32.2 Å². The van der Waals surface area contributed by atoms with E-state index in [-0.39, 0.29) is 6.04 Å². The van der Waals surface area contributed by atoms with Crippen LogP contribution in [0.1, 0.15) is 26.2 Å². The van der Waals surface area contributed by atoms with Crippen molar-refractivity contribution in [1.29, 1.82) is 0 Å². The van der Waals surface area contributed by atoms with Gasteiger partial charge in [0.1, 0.15) is 0 Å². The fourth-order valence-electron chi connectivity index (χ4n) is 2.13. The van der Waals surface area contributed by atoms with Crippen LogP contribution in [0.2, 0.25) is 0 Å². The minimum absolute atomic E-state index is 0.0415. The van der Waals surface area contributed by atoms with Crippen molar-refractivity contribution >= 4 is 10.2 Å². The molecule has 1 fully saturated rings. The van der Waals surface area contributed by atoms with E-state index in [1.54, 1.807) is 0 Å². The van der Waals surface area contributed by atoms with E-state index in [0.29, 0.717) is 19.6 Å². The van der Waals surface area contributed by atoms with Crippen molar-refractivity contribution in [1.82, 2.24) is 13.9 Å². The molecule has 1 aliphatic rings. The average molecular weight is 278 g/mol. The van der Waals surface area contributed by atoms with E-state index in [0.717, 1.165) is 32.4 Å². The Morgan fingerprint density at radius 1 is 1.44 bits per heavy atom. The first-order valence-electron chi connectivity index (χ1n) is 6.66. The summed E-state index contributed by atoms with van der Waals surface area (Å²) in [5, 5.41) is 0. The lowest BCUT2D eigenvalue weighted by molar-refractivity contribution is 0.253. The lowest BCUT2D eigenvalue weighted by Crippen LogP contribution is -2.52. The third-order valence-corrected chi connectivity index (χ3v) is 5.14. The molecule has 1 heterocycles. The standard InChI is InChI=1S/C11H26N4O2S/c1-3-14(2)9-7-13-18(16,17)15-8-5-4-6-11(15)10-12/h11,13H,3-10,12H2,1-2H3. The number of nitrogens with one attached hydrogen (secondary N) is 1. The van der Waals surface area contributed by atoms with Crippen molar-refractivity contribution in [3.63, 3.8) is 0 Å². The van der Waals surface area contributed by atoms with Gasteiger partial charge in [0.05, 0.1) is 0 Å². The number of nitrogens with two attached hydrogens (primary N) is 1. The van der Waals surface area contributed by atoms with Crippen LogP contribution in [0.3, 0.4) is 0 Å². The Morgan fingerprint density at radius 2 is 2.17 bits per heavy atom. The van der Waals surface area contributed by atoms with Crippen molar-refractivity contribution in [3.8, 4) is 0 Å². The largest absolute Gasteiger partial charge is 0.329 e. The third-order valence-electron chi connectivity index (χ3n) is 3.47. The van der Waals surface area contributed by atoms with Gasteiger partial charge in [-0.05, 0) is 26.4 Å². The highest BCUT2D eigenvalue weighted by atomic mass is 32.2.